The van der Waals surface area contributed by atoms with Crippen molar-refractivity contribution in [2.45, 2.75) is 45.3 Å². The Morgan fingerprint density at radius 2 is 2.26 bits per heavy atom. The Balaban J connectivity index is 2.14. The number of hydrogen-bond acceptors (Lipinski definition) is 3. The highest BCUT2D eigenvalue weighted by molar-refractivity contribution is 7.98. The maximum atomic E-state index is 6.15. The molecule has 1 aromatic rings. The van der Waals surface area contributed by atoms with Gasteiger partial charge in [-0.15, -0.1) is 0 Å². The number of ether oxygens (including phenoxy) is 1. The van der Waals surface area contributed by atoms with E-state index >= 15 is 0 Å². The van der Waals surface area contributed by atoms with Crippen LogP contribution in [0.15, 0.2) is 18.2 Å². The summed E-state index contributed by atoms with van der Waals surface area (Å²) in [6.07, 6.45) is 5.92. The van der Waals surface area contributed by atoms with Crippen LogP contribution in [0.3, 0.4) is 0 Å². The maximum absolute atomic E-state index is 6.15. The first-order valence-corrected chi connectivity index (χ1v) is 8.63. The standard InChI is InChI=1S/C16H25NOS/c1-4-8-17-15-11-13(7-9-19-3)18-16-6-5-12(2)10-14(15)16/h5-6,10,13,15,17H,4,7-9,11H2,1-3H3. The van der Waals surface area contributed by atoms with Gasteiger partial charge in [-0.25, -0.2) is 0 Å². The summed E-state index contributed by atoms with van der Waals surface area (Å²) in [6.45, 7) is 5.44. The molecule has 0 saturated carbocycles. The zero-order chi connectivity index (χ0) is 13.7. The second-order valence-corrected chi connectivity index (χ2v) is 6.29. The molecule has 2 rings (SSSR count). The third-order valence-corrected chi connectivity index (χ3v) is 4.26. The molecule has 1 aliphatic heterocycles. The summed E-state index contributed by atoms with van der Waals surface area (Å²) >= 11 is 1.90. The van der Waals surface area contributed by atoms with Gasteiger partial charge in [0, 0.05) is 18.0 Å². The molecule has 106 valence electrons. The molecule has 0 aliphatic carbocycles. The van der Waals surface area contributed by atoms with Gasteiger partial charge in [-0.2, -0.15) is 11.8 Å². The number of hydrogen-bond donors (Lipinski definition) is 1. The predicted octanol–water partition coefficient (Wildman–Crippen LogP) is 3.94. The van der Waals surface area contributed by atoms with E-state index in [1.54, 1.807) is 0 Å². The van der Waals surface area contributed by atoms with Crippen molar-refractivity contribution in [3.63, 3.8) is 0 Å². The third kappa shape index (κ3) is 3.90. The second-order valence-electron chi connectivity index (χ2n) is 5.31. The third-order valence-electron chi connectivity index (χ3n) is 3.62. The van der Waals surface area contributed by atoms with Gasteiger partial charge < -0.3 is 10.1 Å². The Kier molecular flexibility index (Phi) is 5.59. The molecule has 1 N–H and O–H groups in total. The highest BCUT2D eigenvalue weighted by atomic mass is 32.2. The van der Waals surface area contributed by atoms with Crippen LogP contribution in [-0.4, -0.2) is 24.7 Å². The van der Waals surface area contributed by atoms with Gasteiger partial charge in [0.2, 0.25) is 0 Å². The summed E-state index contributed by atoms with van der Waals surface area (Å²) < 4.78 is 6.15. The molecular weight excluding hydrogens is 254 g/mol. The Bertz CT molecular complexity index is 408. The number of rotatable bonds is 6. The van der Waals surface area contributed by atoms with E-state index in [0.29, 0.717) is 12.1 Å². The maximum Gasteiger partial charge on any atom is 0.124 e. The summed E-state index contributed by atoms with van der Waals surface area (Å²) in [5.74, 6) is 2.25. The van der Waals surface area contributed by atoms with E-state index in [-0.39, 0.29) is 0 Å². The highest BCUT2D eigenvalue weighted by Gasteiger charge is 2.27. The first kappa shape index (κ1) is 14.7. The number of nitrogens with one attached hydrogen (secondary N) is 1. The van der Waals surface area contributed by atoms with Crippen LogP contribution in [-0.2, 0) is 0 Å². The molecule has 0 saturated heterocycles. The van der Waals surface area contributed by atoms with Crippen molar-refractivity contribution < 1.29 is 4.74 Å². The minimum absolute atomic E-state index is 0.358. The first-order chi connectivity index (χ1) is 9.24. The van der Waals surface area contributed by atoms with Gasteiger partial charge >= 0.3 is 0 Å². The van der Waals surface area contributed by atoms with E-state index in [2.05, 4.69) is 43.6 Å². The van der Waals surface area contributed by atoms with Gasteiger partial charge in [0.05, 0.1) is 0 Å². The predicted molar refractivity (Wildman–Crippen MR) is 84.2 cm³/mol. The Labute approximate surface area is 121 Å². The smallest absolute Gasteiger partial charge is 0.124 e. The zero-order valence-electron chi connectivity index (χ0n) is 12.2. The first-order valence-electron chi connectivity index (χ1n) is 7.24. The van der Waals surface area contributed by atoms with Gasteiger partial charge in [-0.1, -0.05) is 24.6 Å². The van der Waals surface area contributed by atoms with E-state index in [1.165, 1.54) is 23.3 Å². The van der Waals surface area contributed by atoms with Crippen molar-refractivity contribution in [3.05, 3.63) is 29.3 Å². The summed E-state index contributed by atoms with van der Waals surface area (Å²) in [7, 11) is 0. The lowest BCUT2D eigenvalue weighted by Crippen LogP contribution is -2.33. The summed E-state index contributed by atoms with van der Waals surface area (Å²) in [4.78, 5) is 0. The van der Waals surface area contributed by atoms with Crippen LogP contribution in [0.2, 0.25) is 0 Å². The molecule has 0 amide bonds. The zero-order valence-corrected chi connectivity index (χ0v) is 13.1. The molecule has 2 atom stereocenters. The van der Waals surface area contributed by atoms with Gasteiger partial charge in [0.25, 0.3) is 0 Å². The van der Waals surface area contributed by atoms with Crippen LogP contribution >= 0.6 is 11.8 Å². The van der Waals surface area contributed by atoms with Crippen LogP contribution < -0.4 is 10.1 Å². The van der Waals surface area contributed by atoms with Crippen molar-refractivity contribution >= 4 is 11.8 Å². The largest absolute Gasteiger partial charge is 0.490 e. The van der Waals surface area contributed by atoms with Gasteiger partial charge in [0.1, 0.15) is 11.9 Å². The average molecular weight is 279 g/mol. The van der Waals surface area contributed by atoms with Crippen molar-refractivity contribution in [1.82, 2.24) is 5.32 Å². The normalized spacial score (nSPS) is 21.8. The number of fused-ring (bicyclic) bond motifs is 1. The number of aryl methyl sites for hydroxylation is 1. The fourth-order valence-corrected chi connectivity index (χ4v) is 3.10. The fraction of sp³-hybridized carbons (Fsp3) is 0.625. The summed E-state index contributed by atoms with van der Waals surface area (Å²) in [5.41, 5.74) is 2.65. The van der Waals surface area contributed by atoms with Crippen molar-refractivity contribution in [2.75, 3.05) is 18.6 Å². The van der Waals surface area contributed by atoms with Crippen LogP contribution in [0.4, 0.5) is 0 Å². The fourth-order valence-electron chi connectivity index (χ4n) is 2.60. The Morgan fingerprint density at radius 1 is 1.42 bits per heavy atom. The topological polar surface area (TPSA) is 21.3 Å². The van der Waals surface area contributed by atoms with Gasteiger partial charge in [0.15, 0.2) is 0 Å². The van der Waals surface area contributed by atoms with E-state index in [1.807, 2.05) is 11.8 Å². The second kappa shape index (κ2) is 7.20. The Morgan fingerprint density at radius 3 is 3.00 bits per heavy atom. The molecule has 0 fully saturated rings. The molecule has 0 aromatic heterocycles. The quantitative estimate of drug-likeness (QED) is 0.852. The minimum Gasteiger partial charge on any atom is -0.490 e. The van der Waals surface area contributed by atoms with Crippen molar-refractivity contribution in [3.8, 4) is 5.75 Å². The molecule has 2 nitrogen and oxygen atoms in total. The van der Waals surface area contributed by atoms with Gasteiger partial charge in [-0.3, -0.25) is 0 Å². The minimum atomic E-state index is 0.358. The van der Waals surface area contributed by atoms with Crippen LogP contribution in [0.1, 0.15) is 43.4 Å². The monoisotopic (exact) mass is 279 g/mol. The van der Waals surface area contributed by atoms with Crippen molar-refractivity contribution in [1.29, 1.82) is 0 Å². The SMILES string of the molecule is CCCNC1CC(CCSC)Oc2ccc(C)cc21. The number of benzene rings is 1. The van der Waals surface area contributed by atoms with Gasteiger partial charge in [-0.05, 0) is 44.4 Å². The molecule has 0 radical (unpaired) electrons. The van der Waals surface area contributed by atoms with E-state index < -0.39 is 0 Å². The highest BCUT2D eigenvalue weighted by Crippen LogP contribution is 2.36. The van der Waals surface area contributed by atoms with Crippen LogP contribution in [0.25, 0.3) is 0 Å². The molecule has 19 heavy (non-hydrogen) atoms. The van der Waals surface area contributed by atoms with E-state index in [0.717, 1.165) is 25.1 Å². The molecule has 1 aliphatic rings. The lowest BCUT2D eigenvalue weighted by Gasteiger charge is -2.33. The molecular formula is C16H25NOS. The summed E-state index contributed by atoms with van der Waals surface area (Å²) in [6, 6.07) is 7.01. The average Bonchev–Trinajstić information content (AvgIpc) is 2.42. The molecule has 1 aromatic carbocycles. The van der Waals surface area contributed by atoms with Crippen LogP contribution in [0, 0.1) is 6.92 Å². The summed E-state index contributed by atoms with van der Waals surface area (Å²) in [5, 5.41) is 3.67. The number of thioether (sulfide) groups is 1. The molecule has 0 spiro atoms. The van der Waals surface area contributed by atoms with E-state index in [4.69, 9.17) is 4.74 Å². The Hall–Kier alpha value is -0.670. The lowest BCUT2D eigenvalue weighted by molar-refractivity contribution is 0.147. The molecule has 1 heterocycles. The molecule has 0 bridgehead atoms. The van der Waals surface area contributed by atoms with Crippen molar-refractivity contribution in [2.24, 2.45) is 0 Å². The molecule has 3 heteroatoms. The van der Waals surface area contributed by atoms with Crippen LogP contribution in [0.5, 0.6) is 5.75 Å². The molecule has 2 unspecified atom stereocenters. The van der Waals surface area contributed by atoms with E-state index in [9.17, 15) is 0 Å². The lowest BCUT2D eigenvalue weighted by atomic mass is 9.94.